The maximum Gasteiger partial charge on any atom is 0.267 e. The number of benzene rings is 2. The Bertz CT molecular complexity index is 1160. The lowest BCUT2D eigenvalue weighted by atomic mass is 10.1. The average molecular weight is 419 g/mol. The van der Waals surface area contributed by atoms with Gasteiger partial charge in [0.05, 0.1) is 5.52 Å². The zero-order valence-electron chi connectivity index (χ0n) is 17.7. The quantitative estimate of drug-likeness (QED) is 0.681. The molecule has 0 aliphatic carbocycles. The van der Waals surface area contributed by atoms with E-state index in [2.05, 4.69) is 23.7 Å². The number of hydrogen-bond donors (Lipinski definition) is 1. The third kappa shape index (κ3) is 3.58. The topological polar surface area (TPSA) is 93.8 Å². The number of nitrogens with two attached hydrogens (primary N) is 1. The van der Waals surface area contributed by atoms with Gasteiger partial charge < -0.3 is 25.0 Å². The first kappa shape index (κ1) is 19.4. The maximum atomic E-state index is 13.0. The summed E-state index contributed by atoms with van der Waals surface area (Å²) in [6.45, 7) is 6.73. The van der Waals surface area contributed by atoms with Crippen LogP contribution in [0.2, 0.25) is 0 Å². The van der Waals surface area contributed by atoms with Gasteiger partial charge in [-0.05, 0) is 49.2 Å². The monoisotopic (exact) mass is 419 g/mol. The van der Waals surface area contributed by atoms with Gasteiger partial charge >= 0.3 is 0 Å². The summed E-state index contributed by atoms with van der Waals surface area (Å²) in [4.78, 5) is 26.1. The van der Waals surface area contributed by atoms with Crippen LogP contribution in [-0.2, 0) is 4.79 Å². The minimum absolute atomic E-state index is 0.0563. The molecule has 5 rings (SSSR count). The summed E-state index contributed by atoms with van der Waals surface area (Å²) in [5.74, 6) is 2.31. The smallest absolute Gasteiger partial charge is 0.267 e. The molecular weight excluding hydrogens is 394 g/mol. The van der Waals surface area contributed by atoms with Crippen molar-refractivity contribution >= 4 is 28.6 Å². The first-order valence-corrected chi connectivity index (χ1v) is 10.5. The molecule has 2 aliphatic heterocycles. The highest BCUT2D eigenvalue weighted by Crippen LogP contribution is 2.31. The Kier molecular flexibility index (Phi) is 4.77. The van der Waals surface area contributed by atoms with Crippen LogP contribution in [0.15, 0.2) is 36.4 Å². The Morgan fingerprint density at radius 3 is 2.52 bits per heavy atom. The fourth-order valence-corrected chi connectivity index (χ4v) is 4.01. The van der Waals surface area contributed by atoms with E-state index in [9.17, 15) is 4.79 Å². The summed E-state index contributed by atoms with van der Waals surface area (Å²) in [5.41, 5.74) is 9.40. The Labute approximate surface area is 180 Å². The number of hydrogen-bond acceptors (Lipinski definition) is 7. The second-order valence-corrected chi connectivity index (χ2v) is 8.04. The Hall–Kier alpha value is -3.55. The molecule has 1 fully saturated rings. The van der Waals surface area contributed by atoms with E-state index in [0.29, 0.717) is 49.4 Å². The van der Waals surface area contributed by atoms with Crippen molar-refractivity contribution in [3.05, 3.63) is 47.5 Å². The number of para-hydroxylation sites is 2. The number of aromatic nitrogens is 2. The highest BCUT2D eigenvalue weighted by Gasteiger charge is 2.33. The fourth-order valence-electron chi connectivity index (χ4n) is 4.01. The van der Waals surface area contributed by atoms with E-state index in [1.165, 1.54) is 11.1 Å². The summed E-state index contributed by atoms with van der Waals surface area (Å²) >= 11 is 0. The molecule has 0 saturated carbocycles. The number of ether oxygens (including phenoxy) is 2. The van der Waals surface area contributed by atoms with Gasteiger partial charge in [0.15, 0.2) is 11.5 Å². The zero-order valence-corrected chi connectivity index (χ0v) is 17.7. The molecule has 1 aromatic heterocycles. The molecule has 0 radical (unpaired) electrons. The summed E-state index contributed by atoms with van der Waals surface area (Å²) in [7, 11) is 0. The van der Waals surface area contributed by atoms with Crippen LogP contribution in [-0.4, -0.2) is 59.7 Å². The second-order valence-electron chi connectivity index (χ2n) is 8.04. The van der Waals surface area contributed by atoms with Crippen molar-refractivity contribution in [2.24, 2.45) is 0 Å². The van der Waals surface area contributed by atoms with Crippen LogP contribution >= 0.6 is 0 Å². The minimum Gasteiger partial charge on any atom is -0.485 e. The first-order valence-electron chi connectivity index (χ1n) is 10.5. The fraction of sp³-hybridized carbons (Fsp3) is 0.348. The molecule has 8 nitrogen and oxygen atoms in total. The van der Waals surface area contributed by atoms with Crippen molar-refractivity contribution in [2.75, 3.05) is 43.4 Å². The number of carbonyl (C=O) groups is 1. The summed E-state index contributed by atoms with van der Waals surface area (Å²) in [6, 6.07) is 11.5. The van der Waals surface area contributed by atoms with Crippen molar-refractivity contribution in [3.63, 3.8) is 0 Å². The summed E-state index contributed by atoms with van der Waals surface area (Å²) in [5, 5.41) is 0.871. The standard InChI is InChI=1S/C23H25N5O3/c1-14-11-16-17(12-15(14)2)25-23(26-21(16)24)28-9-7-27(8-10-28)22(29)20-13-30-18-5-3-4-6-19(18)31-20/h3-6,11-12,20H,7-10,13H2,1-2H3,(H2,24,25,26). The second kappa shape index (κ2) is 7.61. The van der Waals surface area contributed by atoms with Crippen molar-refractivity contribution in [1.29, 1.82) is 0 Å². The lowest BCUT2D eigenvalue weighted by Crippen LogP contribution is -2.54. The van der Waals surface area contributed by atoms with Crippen LogP contribution in [0, 0.1) is 13.8 Å². The van der Waals surface area contributed by atoms with Crippen LogP contribution in [0.3, 0.4) is 0 Å². The average Bonchev–Trinajstić information content (AvgIpc) is 2.79. The third-order valence-corrected chi connectivity index (χ3v) is 5.99. The Morgan fingerprint density at radius 1 is 1.03 bits per heavy atom. The van der Waals surface area contributed by atoms with Crippen molar-refractivity contribution in [1.82, 2.24) is 14.9 Å². The molecule has 0 spiro atoms. The molecule has 1 atom stereocenters. The lowest BCUT2D eigenvalue weighted by molar-refractivity contribution is -0.141. The molecule has 1 saturated heterocycles. The largest absolute Gasteiger partial charge is 0.485 e. The number of anilines is 2. The molecule has 2 N–H and O–H groups in total. The van der Waals surface area contributed by atoms with Crippen LogP contribution in [0.25, 0.3) is 10.9 Å². The highest BCUT2D eigenvalue weighted by molar-refractivity contribution is 5.90. The Morgan fingerprint density at radius 2 is 1.74 bits per heavy atom. The molecule has 3 heterocycles. The van der Waals surface area contributed by atoms with Crippen molar-refractivity contribution in [2.45, 2.75) is 20.0 Å². The van der Waals surface area contributed by atoms with Crippen LogP contribution < -0.4 is 20.1 Å². The normalized spacial score (nSPS) is 18.3. The lowest BCUT2D eigenvalue weighted by Gasteiger charge is -2.37. The molecule has 1 amide bonds. The summed E-state index contributed by atoms with van der Waals surface area (Å²) < 4.78 is 11.6. The molecule has 2 aliphatic rings. The number of aryl methyl sites for hydroxylation is 2. The predicted octanol–water partition coefficient (Wildman–Crippen LogP) is 2.32. The number of carbonyl (C=O) groups excluding carboxylic acids is 1. The van der Waals surface area contributed by atoms with Gasteiger partial charge in [-0.15, -0.1) is 0 Å². The molecule has 0 bridgehead atoms. The van der Waals surface area contributed by atoms with Gasteiger partial charge in [0, 0.05) is 31.6 Å². The van der Waals surface area contributed by atoms with E-state index in [1.807, 2.05) is 41.3 Å². The molecule has 3 aromatic rings. The van der Waals surface area contributed by atoms with E-state index in [0.717, 1.165) is 10.9 Å². The van der Waals surface area contributed by atoms with E-state index >= 15 is 0 Å². The van der Waals surface area contributed by atoms with Crippen molar-refractivity contribution < 1.29 is 14.3 Å². The SMILES string of the molecule is Cc1cc2nc(N3CCN(C(=O)C4COc5ccccc5O4)CC3)nc(N)c2cc1C. The number of piperazine rings is 1. The zero-order chi connectivity index (χ0) is 21.5. The number of fused-ring (bicyclic) bond motifs is 2. The van der Waals surface area contributed by atoms with E-state index < -0.39 is 6.10 Å². The van der Waals surface area contributed by atoms with Gasteiger partial charge in [-0.3, -0.25) is 4.79 Å². The van der Waals surface area contributed by atoms with E-state index in [1.54, 1.807) is 0 Å². The van der Waals surface area contributed by atoms with Gasteiger partial charge in [-0.2, -0.15) is 4.98 Å². The maximum absolute atomic E-state index is 13.0. The third-order valence-electron chi connectivity index (χ3n) is 5.99. The summed E-state index contributed by atoms with van der Waals surface area (Å²) in [6.07, 6.45) is -0.625. The first-order chi connectivity index (χ1) is 15.0. The molecule has 2 aromatic carbocycles. The van der Waals surface area contributed by atoms with Gasteiger partial charge in [-0.25, -0.2) is 4.98 Å². The highest BCUT2D eigenvalue weighted by atomic mass is 16.6. The number of nitrogens with zero attached hydrogens (tertiary/aromatic N) is 4. The molecule has 160 valence electrons. The Balaban J connectivity index is 1.27. The van der Waals surface area contributed by atoms with E-state index in [-0.39, 0.29) is 12.5 Å². The van der Waals surface area contributed by atoms with Gasteiger partial charge in [0.25, 0.3) is 5.91 Å². The molecule has 31 heavy (non-hydrogen) atoms. The molecule has 8 heteroatoms. The van der Waals surface area contributed by atoms with E-state index in [4.69, 9.17) is 20.2 Å². The molecular formula is C23H25N5O3. The van der Waals surface area contributed by atoms with Gasteiger partial charge in [-0.1, -0.05) is 12.1 Å². The van der Waals surface area contributed by atoms with Crippen LogP contribution in [0.1, 0.15) is 11.1 Å². The predicted molar refractivity (Wildman–Crippen MR) is 119 cm³/mol. The number of amides is 1. The van der Waals surface area contributed by atoms with Crippen molar-refractivity contribution in [3.8, 4) is 11.5 Å². The van der Waals surface area contributed by atoms with Crippen LogP contribution in [0.5, 0.6) is 11.5 Å². The molecule has 1 unspecified atom stereocenters. The van der Waals surface area contributed by atoms with Crippen LogP contribution in [0.4, 0.5) is 11.8 Å². The van der Waals surface area contributed by atoms with Gasteiger partial charge in [0.2, 0.25) is 12.1 Å². The minimum atomic E-state index is -0.625. The van der Waals surface area contributed by atoms with Gasteiger partial charge in [0.1, 0.15) is 12.4 Å². The number of nitrogen functional groups attached to an aromatic ring is 1. The number of rotatable bonds is 2.